The van der Waals surface area contributed by atoms with Gasteiger partial charge in [-0.05, 0) is 31.4 Å². The molecule has 2 aliphatic carbocycles. The van der Waals surface area contributed by atoms with Crippen LogP contribution in [-0.4, -0.2) is 33.9 Å². The van der Waals surface area contributed by atoms with E-state index in [1.54, 1.807) is 13.0 Å². The number of hydrogen-bond acceptors (Lipinski definition) is 10. The lowest BCUT2D eigenvalue weighted by Crippen LogP contribution is -2.30. The second-order valence-corrected chi connectivity index (χ2v) is 10.5. The van der Waals surface area contributed by atoms with E-state index in [4.69, 9.17) is 36.1 Å². The summed E-state index contributed by atoms with van der Waals surface area (Å²) < 4.78 is 24.2. The van der Waals surface area contributed by atoms with Gasteiger partial charge >= 0.3 is 0 Å². The predicted molar refractivity (Wildman–Crippen MR) is 140 cm³/mol. The number of nitrogens with two attached hydrogens (primary N) is 1. The Hall–Kier alpha value is -3.77. The fourth-order valence-corrected chi connectivity index (χ4v) is 6.48. The minimum Gasteiger partial charge on any atom is -0.506 e. The summed E-state index contributed by atoms with van der Waals surface area (Å²) in [5.74, 6) is 5.33. The molecule has 5 N–H and O–H groups in total. The standard InChI is InChI=1S/C27H23ClN2O9/c1-8-20(28)10-5-9-6-13-17-18(14(9)21(32)15(10)27(35)30(8)29)23(34)19-22(33)16-11(31)3-4-12(36-2)24(16)39-26(19)25(17)38-7-37-13/h5,11-13,31-32,34H,3-4,6-7,29H2,1-2H3/t11-,12-,13-/m0/s1. The molecule has 11 nitrogen and oxygen atoms in total. The molecular formula is C27H23ClN2O9. The molecule has 0 amide bonds. The van der Waals surface area contributed by atoms with Gasteiger partial charge in [-0.2, -0.15) is 0 Å². The molecule has 2 aromatic carbocycles. The van der Waals surface area contributed by atoms with E-state index in [0.717, 1.165) is 4.68 Å². The summed E-state index contributed by atoms with van der Waals surface area (Å²) in [5.41, 5.74) is 0.0995. The van der Waals surface area contributed by atoms with E-state index < -0.39 is 40.8 Å². The molecule has 39 heavy (non-hydrogen) atoms. The number of fused-ring (bicyclic) bond motifs is 6. The maximum atomic E-state index is 13.8. The average molecular weight is 555 g/mol. The van der Waals surface area contributed by atoms with Gasteiger partial charge in [-0.3, -0.25) is 9.59 Å². The van der Waals surface area contributed by atoms with Gasteiger partial charge in [0.05, 0.1) is 33.9 Å². The van der Waals surface area contributed by atoms with E-state index in [0.29, 0.717) is 28.6 Å². The number of nitrogens with zero attached hydrogens (tertiary/aromatic N) is 1. The number of aromatic nitrogens is 1. The molecular weight excluding hydrogens is 532 g/mol. The molecule has 3 atom stereocenters. The minimum absolute atomic E-state index is 0.00120. The third-order valence-corrected chi connectivity index (χ3v) is 8.64. The average Bonchev–Trinajstić information content (AvgIpc) is 2.92. The SMILES string of the molecule is CO[C@H]1CC[C@H](O)c2c1oc1c3c4c(c(O)c1c2=O)-c1c(cc2c(Cl)c(C)n(N)c(=O)c2c1O)C[C@@H]4OCO3. The van der Waals surface area contributed by atoms with Gasteiger partial charge in [0.25, 0.3) is 5.56 Å². The Morgan fingerprint density at radius 1 is 1.13 bits per heavy atom. The summed E-state index contributed by atoms with van der Waals surface area (Å²) in [7, 11) is 1.48. The highest BCUT2D eigenvalue weighted by atomic mass is 35.5. The number of phenols is 2. The lowest BCUT2D eigenvalue weighted by atomic mass is 9.79. The number of nitrogen functional groups attached to an aromatic ring is 1. The van der Waals surface area contributed by atoms with Crippen LogP contribution in [0.25, 0.3) is 32.9 Å². The maximum Gasteiger partial charge on any atom is 0.280 e. The Labute approximate surface area is 224 Å². The van der Waals surface area contributed by atoms with E-state index in [2.05, 4.69) is 0 Å². The molecule has 0 spiro atoms. The van der Waals surface area contributed by atoms with E-state index in [-0.39, 0.29) is 69.2 Å². The van der Waals surface area contributed by atoms with Crippen molar-refractivity contribution in [1.82, 2.24) is 4.68 Å². The van der Waals surface area contributed by atoms with Crippen molar-refractivity contribution in [2.45, 2.75) is 44.5 Å². The van der Waals surface area contributed by atoms with E-state index in [1.807, 2.05) is 0 Å². The summed E-state index contributed by atoms with van der Waals surface area (Å²) in [4.78, 5) is 27.0. The molecule has 4 aromatic rings. The topological polar surface area (TPSA) is 167 Å². The van der Waals surface area contributed by atoms with Crippen LogP contribution in [0, 0.1) is 6.92 Å². The molecule has 12 heteroatoms. The number of aliphatic hydroxyl groups excluding tert-OH is 1. The van der Waals surface area contributed by atoms with Crippen LogP contribution < -0.4 is 21.6 Å². The van der Waals surface area contributed by atoms with Gasteiger partial charge in [-0.1, -0.05) is 11.6 Å². The molecule has 1 aliphatic heterocycles. The molecule has 7 rings (SSSR count). The molecule has 0 bridgehead atoms. The second kappa shape index (κ2) is 8.12. The van der Waals surface area contributed by atoms with Crippen molar-refractivity contribution < 1.29 is 33.9 Å². The number of phenolic OH excluding ortho intramolecular Hbond substituents is 2. The Morgan fingerprint density at radius 3 is 2.62 bits per heavy atom. The minimum atomic E-state index is -1.12. The predicted octanol–water partition coefficient (Wildman–Crippen LogP) is 3.34. The molecule has 3 aliphatic rings. The maximum absolute atomic E-state index is 13.8. The first kappa shape index (κ1) is 24.3. The van der Waals surface area contributed by atoms with Crippen LogP contribution in [0.3, 0.4) is 0 Å². The molecule has 3 heterocycles. The van der Waals surface area contributed by atoms with Crippen LogP contribution in [-0.2, 0) is 15.9 Å². The summed E-state index contributed by atoms with van der Waals surface area (Å²) in [5, 5.41) is 34.1. The van der Waals surface area contributed by atoms with Crippen LogP contribution in [0.5, 0.6) is 17.2 Å². The first-order valence-electron chi connectivity index (χ1n) is 12.3. The Kier molecular flexibility index (Phi) is 5.06. The van der Waals surface area contributed by atoms with Crippen molar-refractivity contribution in [3.8, 4) is 28.4 Å². The van der Waals surface area contributed by atoms with Crippen LogP contribution in [0.1, 0.15) is 59.3 Å². The van der Waals surface area contributed by atoms with Crippen LogP contribution >= 0.6 is 11.6 Å². The van der Waals surface area contributed by atoms with Crippen molar-refractivity contribution in [2.24, 2.45) is 0 Å². The van der Waals surface area contributed by atoms with Crippen molar-refractivity contribution >= 4 is 33.3 Å². The van der Waals surface area contributed by atoms with Gasteiger partial charge in [-0.25, -0.2) is 4.68 Å². The number of halogens is 1. The van der Waals surface area contributed by atoms with Crippen molar-refractivity contribution in [3.63, 3.8) is 0 Å². The second-order valence-electron chi connectivity index (χ2n) is 10.1. The lowest BCUT2D eigenvalue weighted by molar-refractivity contribution is -0.0592. The Morgan fingerprint density at radius 2 is 1.87 bits per heavy atom. The Bertz CT molecular complexity index is 1890. The van der Waals surface area contributed by atoms with Gasteiger partial charge < -0.3 is 39.8 Å². The zero-order valence-corrected chi connectivity index (χ0v) is 21.6. The number of methoxy groups -OCH3 is 1. The first-order valence-corrected chi connectivity index (χ1v) is 12.7. The highest BCUT2D eigenvalue weighted by Gasteiger charge is 2.41. The first-order chi connectivity index (χ1) is 18.6. The number of rotatable bonds is 1. The normalized spacial score (nSPS) is 21.4. The molecule has 0 radical (unpaired) electrons. The zero-order chi connectivity index (χ0) is 27.5. The number of benzene rings is 2. The van der Waals surface area contributed by atoms with Gasteiger partial charge in [0.1, 0.15) is 28.7 Å². The quantitative estimate of drug-likeness (QED) is 0.256. The number of ether oxygens (including phenoxy) is 3. The van der Waals surface area contributed by atoms with Crippen molar-refractivity contribution in [3.05, 3.63) is 59.8 Å². The fourth-order valence-electron chi connectivity index (χ4n) is 6.24. The monoisotopic (exact) mass is 554 g/mol. The smallest absolute Gasteiger partial charge is 0.280 e. The molecule has 0 saturated heterocycles. The largest absolute Gasteiger partial charge is 0.506 e. The third-order valence-electron chi connectivity index (χ3n) is 8.16. The zero-order valence-electron chi connectivity index (χ0n) is 20.8. The highest BCUT2D eigenvalue weighted by molar-refractivity contribution is 6.36. The number of aliphatic hydroxyl groups is 1. The summed E-state index contributed by atoms with van der Waals surface area (Å²) in [6.07, 6.45) is -1.34. The molecule has 0 saturated carbocycles. The van der Waals surface area contributed by atoms with Gasteiger partial charge in [-0.15, -0.1) is 0 Å². The summed E-state index contributed by atoms with van der Waals surface area (Å²) in [6.45, 7) is 1.43. The lowest BCUT2D eigenvalue weighted by Gasteiger charge is -2.35. The fraction of sp³-hybridized carbons (Fsp3) is 0.333. The van der Waals surface area contributed by atoms with Gasteiger partial charge in [0, 0.05) is 35.6 Å². The molecule has 0 fully saturated rings. The molecule has 202 valence electrons. The van der Waals surface area contributed by atoms with Crippen molar-refractivity contribution in [1.29, 1.82) is 0 Å². The molecule has 0 unspecified atom stereocenters. The summed E-state index contributed by atoms with van der Waals surface area (Å²) in [6, 6.07) is 1.66. The van der Waals surface area contributed by atoms with Crippen LogP contribution in [0.15, 0.2) is 20.1 Å². The number of aromatic hydroxyl groups is 2. The number of hydrogen-bond donors (Lipinski definition) is 4. The van der Waals surface area contributed by atoms with Crippen molar-refractivity contribution in [2.75, 3.05) is 19.7 Å². The molecule has 2 aromatic heterocycles. The van der Waals surface area contributed by atoms with E-state index in [1.165, 1.54) is 7.11 Å². The van der Waals surface area contributed by atoms with E-state index in [9.17, 15) is 24.9 Å². The Balaban J connectivity index is 1.66. The third kappa shape index (κ3) is 2.98. The number of pyridine rings is 1. The van der Waals surface area contributed by atoms with E-state index >= 15 is 0 Å². The van der Waals surface area contributed by atoms with Crippen LogP contribution in [0.2, 0.25) is 5.02 Å². The van der Waals surface area contributed by atoms with Crippen LogP contribution in [0.4, 0.5) is 0 Å². The summed E-state index contributed by atoms with van der Waals surface area (Å²) >= 11 is 6.52. The van der Waals surface area contributed by atoms with Gasteiger partial charge in [0.2, 0.25) is 5.43 Å². The highest BCUT2D eigenvalue weighted by Crippen LogP contribution is 2.57. The van der Waals surface area contributed by atoms with Gasteiger partial charge in [0.15, 0.2) is 18.1 Å².